The molecule has 0 radical (unpaired) electrons. The van der Waals surface area contributed by atoms with Crippen LogP contribution >= 0.6 is 11.8 Å². The number of hydrogen-bond donors (Lipinski definition) is 0. The van der Waals surface area contributed by atoms with Gasteiger partial charge in [-0.15, -0.1) is 11.8 Å². The molecule has 0 unspecified atom stereocenters. The van der Waals surface area contributed by atoms with E-state index in [1.54, 1.807) is 16.7 Å². The molecule has 1 amide bonds. The van der Waals surface area contributed by atoms with Gasteiger partial charge in [0.1, 0.15) is 11.4 Å². The third kappa shape index (κ3) is 4.28. The van der Waals surface area contributed by atoms with Gasteiger partial charge in [-0.05, 0) is 11.5 Å². The topological polar surface area (TPSA) is 46.6 Å². The third-order valence-corrected chi connectivity index (χ3v) is 4.99. The highest BCUT2D eigenvalue weighted by Gasteiger charge is 2.43. The summed E-state index contributed by atoms with van der Waals surface area (Å²) in [4.78, 5) is 26.8. The number of esters is 1. The zero-order chi connectivity index (χ0) is 17.0. The number of benzene rings is 1. The molecule has 1 aromatic rings. The van der Waals surface area contributed by atoms with Crippen molar-refractivity contribution in [2.75, 3.05) is 12.4 Å². The molecule has 2 atom stereocenters. The number of amides is 1. The lowest BCUT2D eigenvalue weighted by Crippen LogP contribution is -2.45. The van der Waals surface area contributed by atoms with E-state index in [-0.39, 0.29) is 29.1 Å². The van der Waals surface area contributed by atoms with Crippen LogP contribution in [0.3, 0.4) is 0 Å². The van der Waals surface area contributed by atoms with Gasteiger partial charge in [-0.1, -0.05) is 58.0 Å². The van der Waals surface area contributed by atoms with Crippen molar-refractivity contribution in [1.82, 2.24) is 4.90 Å². The Labute approximate surface area is 142 Å². The lowest BCUT2D eigenvalue weighted by molar-refractivity contribution is -0.156. The second kappa shape index (κ2) is 7.86. The number of rotatable bonds is 5. The van der Waals surface area contributed by atoms with Crippen LogP contribution in [0.1, 0.15) is 38.6 Å². The maximum absolute atomic E-state index is 12.7. The van der Waals surface area contributed by atoms with Gasteiger partial charge in [0.15, 0.2) is 0 Å². The second-order valence-corrected chi connectivity index (χ2v) is 7.65. The van der Waals surface area contributed by atoms with Gasteiger partial charge in [-0.2, -0.15) is 0 Å². The fourth-order valence-electron chi connectivity index (χ4n) is 2.47. The number of ether oxygens (including phenoxy) is 1. The predicted molar refractivity (Wildman–Crippen MR) is 92.9 cm³/mol. The molecule has 1 aliphatic heterocycles. The molecular formula is C18H25NO3S. The van der Waals surface area contributed by atoms with E-state index in [0.29, 0.717) is 12.4 Å². The Morgan fingerprint density at radius 2 is 1.87 bits per heavy atom. The SMILES string of the molecule is CC(C)COC(=O)[C@@H]1CS[C@@H](c2ccccc2)N1C(=O)C(C)C. The van der Waals surface area contributed by atoms with Gasteiger partial charge in [0.2, 0.25) is 5.91 Å². The van der Waals surface area contributed by atoms with Crippen molar-refractivity contribution < 1.29 is 14.3 Å². The Morgan fingerprint density at radius 3 is 2.43 bits per heavy atom. The fourth-order valence-corrected chi connectivity index (χ4v) is 3.90. The molecule has 5 heteroatoms. The largest absolute Gasteiger partial charge is 0.464 e. The Kier molecular flexibility index (Phi) is 6.10. The van der Waals surface area contributed by atoms with Gasteiger partial charge in [0.05, 0.1) is 6.61 Å². The molecule has 0 N–H and O–H groups in total. The number of carbonyl (C=O) groups is 2. The number of carbonyl (C=O) groups excluding carboxylic acids is 2. The van der Waals surface area contributed by atoms with Crippen molar-refractivity contribution in [3.05, 3.63) is 35.9 Å². The van der Waals surface area contributed by atoms with Gasteiger partial charge >= 0.3 is 5.97 Å². The van der Waals surface area contributed by atoms with Crippen LogP contribution < -0.4 is 0 Å². The lowest BCUT2D eigenvalue weighted by Gasteiger charge is -2.30. The van der Waals surface area contributed by atoms with Crippen molar-refractivity contribution >= 4 is 23.6 Å². The summed E-state index contributed by atoms with van der Waals surface area (Å²) in [5.74, 6) is 0.413. The Morgan fingerprint density at radius 1 is 1.22 bits per heavy atom. The molecule has 1 aromatic carbocycles. The van der Waals surface area contributed by atoms with E-state index in [0.717, 1.165) is 5.56 Å². The highest BCUT2D eigenvalue weighted by Crippen LogP contribution is 2.42. The highest BCUT2D eigenvalue weighted by atomic mass is 32.2. The number of thioether (sulfide) groups is 1. The predicted octanol–water partition coefficient (Wildman–Crippen LogP) is 3.48. The van der Waals surface area contributed by atoms with Crippen molar-refractivity contribution in [3.8, 4) is 0 Å². The molecule has 0 saturated carbocycles. The fraction of sp³-hybridized carbons (Fsp3) is 0.556. The molecule has 126 valence electrons. The molecule has 1 saturated heterocycles. The molecule has 0 aliphatic carbocycles. The average Bonchev–Trinajstić information content (AvgIpc) is 2.97. The van der Waals surface area contributed by atoms with Crippen molar-refractivity contribution in [2.24, 2.45) is 11.8 Å². The maximum Gasteiger partial charge on any atom is 0.329 e. The molecule has 0 aromatic heterocycles. The first-order valence-corrected chi connectivity index (χ1v) is 9.12. The summed E-state index contributed by atoms with van der Waals surface area (Å²) in [5.41, 5.74) is 1.05. The summed E-state index contributed by atoms with van der Waals surface area (Å²) in [5, 5.41) is -0.123. The maximum atomic E-state index is 12.7. The van der Waals surface area contributed by atoms with E-state index in [2.05, 4.69) is 0 Å². The molecule has 1 fully saturated rings. The van der Waals surface area contributed by atoms with E-state index in [1.165, 1.54) is 0 Å². The molecule has 0 bridgehead atoms. The molecule has 0 spiro atoms. The van der Waals surface area contributed by atoms with Crippen LogP contribution in [0, 0.1) is 11.8 Å². The van der Waals surface area contributed by atoms with Crippen molar-refractivity contribution in [3.63, 3.8) is 0 Å². The third-order valence-electron chi connectivity index (χ3n) is 3.66. The van der Waals surface area contributed by atoms with Crippen LogP contribution in [0.25, 0.3) is 0 Å². The van der Waals surface area contributed by atoms with Gasteiger partial charge in [-0.25, -0.2) is 4.79 Å². The smallest absolute Gasteiger partial charge is 0.329 e. The average molecular weight is 335 g/mol. The Hall–Kier alpha value is -1.49. The first kappa shape index (κ1) is 17.9. The van der Waals surface area contributed by atoms with Crippen molar-refractivity contribution in [1.29, 1.82) is 0 Å². The lowest BCUT2D eigenvalue weighted by atomic mass is 10.1. The van der Waals surface area contributed by atoms with Gasteiger partial charge in [0.25, 0.3) is 0 Å². The molecule has 2 rings (SSSR count). The Balaban J connectivity index is 2.22. The van der Waals surface area contributed by atoms with Crippen LogP contribution in [0.4, 0.5) is 0 Å². The van der Waals surface area contributed by atoms with E-state index in [1.807, 2.05) is 58.0 Å². The summed E-state index contributed by atoms with van der Waals surface area (Å²) in [6, 6.07) is 9.36. The zero-order valence-electron chi connectivity index (χ0n) is 14.2. The number of hydrogen-bond acceptors (Lipinski definition) is 4. The summed E-state index contributed by atoms with van der Waals surface area (Å²) in [6.07, 6.45) is 0. The van der Waals surface area contributed by atoms with Crippen LogP contribution in [-0.2, 0) is 14.3 Å². The van der Waals surface area contributed by atoms with Crippen LogP contribution in [0.15, 0.2) is 30.3 Å². The minimum atomic E-state index is -0.501. The minimum absolute atomic E-state index is 0.00431. The normalized spacial score (nSPS) is 21.0. The summed E-state index contributed by atoms with van der Waals surface area (Å²) in [6.45, 7) is 8.12. The van der Waals surface area contributed by atoms with Gasteiger partial charge in [-0.3, -0.25) is 4.79 Å². The van der Waals surface area contributed by atoms with Gasteiger partial charge < -0.3 is 9.64 Å². The molecule has 4 nitrogen and oxygen atoms in total. The van der Waals surface area contributed by atoms with E-state index in [9.17, 15) is 9.59 Å². The molecular weight excluding hydrogens is 310 g/mol. The zero-order valence-corrected chi connectivity index (χ0v) is 15.0. The molecule has 1 heterocycles. The first-order valence-electron chi connectivity index (χ1n) is 8.07. The van der Waals surface area contributed by atoms with Crippen molar-refractivity contribution in [2.45, 2.75) is 39.1 Å². The molecule has 1 aliphatic rings. The van der Waals surface area contributed by atoms with Crippen LogP contribution in [0.2, 0.25) is 0 Å². The highest BCUT2D eigenvalue weighted by molar-refractivity contribution is 7.99. The Bertz CT molecular complexity index is 544. The van der Waals surface area contributed by atoms with Gasteiger partial charge in [0, 0.05) is 11.7 Å². The summed E-state index contributed by atoms with van der Waals surface area (Å²) >= 11 is 1.62. The second-order valence-electron chi connectivity index (χ2n) is 6.54. The van der Waals surface area contributed by atoms with Crippen LogP contribution in [0.5, 0.6) is 0 Å². The summed E-state index contributed by atoms with van der Waals surface area (Å²) < 4.78 is 5.39. The number of nitrogens with zero attached hydrogens (tertiary/aromatic N) is 1. The van der Waals surface area contributed by atoms with E-state index < -0.39 is 6.04 Å². The monoisotopic (exact) mass is 335 g/mol. The standard InChI is InChI=1S/C18H25NO3S/c1-12(2)10-22-18(21)15-11-23-17(14-8-6-5-7-9-14)19(15)16(20)13(3)4/h5-9,12-13,15,17H,10-11H2,1-4H3/t15-,17-/m0/s1. The van der Waals surface area contributed by atoms with E-state index >= 15 is 0 Å². The quantitative estimate of drug-likeness (QED) is 0.773. The molecule has 23 heavy (non-hydrogen) atoms. The first-order chi connectivity index (χ1) is 10.9. The van der Waals surface area contributed by atoms with E-state index in [4.69, 9.17) is 4.74 Å². The van der Waals surface area contributed by atoms with Crippen LogP contribution in [-0.4, -0.2) is 35.2 Å². The minimum Gasteiger partial charge on any atom is -0.464 e. The summed E-state index contributed by atoms with van der Waals surface area (Å²) in [7, 11) is 0.